The fourth-order valence-electron chi connectivity index (χ4n) is 3.76. The Labute approximate surface area is 205 Å². The molecular weight excluding hydrogens is 469 g/mol. The lowest BCUT2D eigenvalue weighted by molar-refractivity contribution is -0.115. The maximum atomic E-state index is 14.4. The fraction of sp³-hybridized carbons (Fsp3) is 0.280. The van der Waals surface area contributed by atoms with Crippen LogP contribution in [0, 0.1) is 19.7 Å². The number of hydrogen-bond donors (Lipinski definition) is 0. The van der Waals surface area contributed by atoms with Gasteiger partial charge in [-0.3, -0.25) is 14.3 Å². The van der Waals surface area contributed by atoms with E-state index < -0.39 is 0 Å². The zero-order chi connectivity index (χ0) is 23.8. The molecule has 0 atom stereocenters. The molecule has 9 heteroatoms. The second-order valence-corrected chi connectivity index (χ2v) is 10.2. The molecule has 2 heterocycles. The number of benzene rings is 2. The Morgan fingerprint density at radius 1 is 1.18 bits per heavy atom. The lowest BCUT2D eigenvalue weighted by atomic mass is 10.1. The van der Waals surface area contributed by atoms with Crippen molar-refractivity contribution in [2.24, 2.45) is 0 Å². The summed E-state index contributed by atoms with van der Waals surface area (Å²) >= 11 is 2.97. The van der Waals surface area contributed by atoms with Gasteiger partial charge < -0.3 is 0 Å². The molecule has 2 aromatic carbocycles. The van der Waals surface area contributed by atoms with Crippen LogP contribution < -0.4 is 4.90 Å². The monoisotopic (exact) mass is 493 g/mol. The molecule has 1 saturated carbocycles. The zero-order valence-corrected chi connectivity index (χ0v) is 20.8. The molecule has 1 aliphatic carbocycles. The number of aromatic nitrogens is 4. The van der Waals surface area contributed by atoms with E-state index in [9.17, 15) is 9.18 Å². The number of rotatable bonds is 7. The van der Waals surface area contributed by atoms with E-state index in [4.69, 9.17) is 4.98 Å². The van der Waals surface area contributed by atoms with E-state index in [0.717, 1.165) is 34.9 Å². The molecule has 4 aromatic rings. The van der Waals surface area contributed by atoms with E-state index in [0.29, 0.717) is 28.3 Å². The standard InChI is InChI=1S/C25H24FN5OS2/c1-15-8-9-20(12-16(15)2)30(17(3)32)24-27-18(13-33-24)14-34-25-29-28-23(31(25)19-10-11-19)21-6-4-5-7-22(21)26/h4-9,12-13,19H,10-11,14H2,1-3H3. The summed E-state index contributed by atoms with van der Waals surface area (Å²) in [6.45, 7) is 5.63. The number of amides is 1. The van der Waals surface area contributed by atoms with Gasteiger partial charge in [-0.1, -0.05) is 30.0 Å². The summed E-state index contributed by atoms with van der Waals surface area (Å²) in [5.41, 5.74) is 4.44. The topological polar surface area (TPSA) is 63.9 Å². The van der Waals surface area contributed by atoms with Gasteiger partial charge >= 0.3 is 0 Å². The Bertz CT molecular complexity index is 1360. The average Bonchev–Trinajstić information content (AvgIpc) is 3.39. The smallest absolute Gasteiger partial charge is 0.230 e. The molecule has 1 fully saturated rings. The largest absolute Gasteiger partial charge is 0.299 e. The number of halogens is 1. The van der Waals surface area contributed by atoms with Crippen LogP contribution in [0.3, 0.4) is 0 Å². The third kappa shape index (κ3) is 4.50. The molecule has 0 aliphatic heterocycles. The van der Waals surface area contributed by atoms with Crippen molar-refractivity contribution < 1.29 is 9.18 Å². The highest BCUT2D eigenvalue weighted by Gasteiger charge is 2.31. The molecule has 6 nitrogen and oxygen atoms in total. The number of thiazole rings is 1. The van der Waals surface area contributed by atoms with Crippen LogP contribution in [0.15, 0.2) is 53.0 Å². The maximum Gasteiger partial charge on any atom is 0.230 e. The van der Waals surface area contributed by atoms with E-state index in [1.807, 2.05) is 48.1 Å². The minimum atomic E-state index is -0.298. The van der Waals surface area contributed by atoms with Gasteiger partial charge in [0.25, 0.3) is 0 Å². The maximum absolute atomic E-state index is 14.4. The number of anilines is 2. The summed E-state index contributed by atoms with van der Waals surface area (Å²) < 4.78 is 16.4. The van der Waals surface area contributed by atoms with Gasteiger partial charge in [0, 0.05) is 24.1 Å². The quantitative estimate of drug-likeness (QED) is 0.276. The van der Waals surface area contributed by atoms with Gasteiger partial charge in [-0.15, -0.1) is 21.5 Å². The predicted molar refractivity (Wildman–Crippen MR) is 134 cm³/mol. The summed E-state index contributed by atoms with van der Waals surface area (Å²) in [5, 5.41) is 12.0. The molecule has 0 bridgehead atoms. The Balaban J connectivity index is 1.37. The van der Waals surface area contributed by atoms with Crippen molar-refractivity contribution in [2.75, 3.05) is 4.90 Å². The van der Waals surface area contributed by atoms with Crippen molar-refractivity contribution in [3.8, 4) is 11.4 Å². The first-order valence-corrected chi connectivity index (χ1v) is 12.9. The van der Waals surface area contributed by atoms with Crippen molar-refractivity contribution in [3.63, 3.8) is 0 Å². The molecule has 2 aromatic heterocycles. The summed E-state index contributed by atoms with van der Waals surface area (Å²) in [6.07, 6.45) is 2.08. The van der Waals surface area contributed by atoms with Crippen LogP contribution in [-0.2, 0) is 10.5 Å². The van der Waals surface area contributed by atoms with Crippen LogP contribution in [0.1, 0.15) is 42.6 Å². The molecule has 5 rings (SSSR count). The van der Waals surface area contributed by atoms with Gasteiger partial charge in [-0.05, 0) is 62.1 Å². The number of nitrogens with zero attached hydrogens (tertiary/aromatic N) is 5. The molecule has 1 amide bonds. The SMILES string of the molecule is CC(=O)N(c1ccc(C)c(C)c1)c1nc(CSc2nnc(-c3ccccc3F)n2C2CC2)cs1. The Kier molecular flexibility index (Phi) is 6.22. The van der Waals surface area contributed by atoms with Crippen LogP contribution >= 0.6 is 23.1 Å². The Morgan fingerprint density at radius 3 is 2.68 bits per heavy atom. The van der Waals surface area contributed by atoms with E-state index in [-0.39, 0.29) is 11.7 Å². The normalized spacial score (nSPS) is 13.3. The van der Waals surface area contributed by atoms with E-state index in [1.165, 1.54) is 34.7 Å². The van der Waals surface area contributed by atoms with Gasteiger partial charge in [0.05, 0.1) is 16.9 Å². The van der Waals surface area contributed by atoms with Crippen molar-refractivity contribution in [3.05, 3.63) is 70.5 Å². The van der Waals surface area contributed by atoms with E-state index in [2.05, 4.69) is 10.2 Å². The number of carbonyl (C=O) groups is 1. The molecule has 0 radical (unpaired) electrons. The van der Waals surface area contributed by atoms with Crippen LogP contribution in [0.5, 0.6) is 0 Å². The highest BCUT2D eigenvalue weighted by atomic mass is 32.2. The third-order valence-electron chi connectivity index (χ3n) is 5.83. The Hall–Kier alpha value is -3.04. The van der Waals surface area contributed by atoms with E-state index in [1.54, 1.807) is 24.0 Å². The second-order valence-electron chi connectivity index (χ2n) is 8.42. The molecule has 1 aliphatic rings. The number of thioether (sulfide) groups is 1. The molecule has 0 N–H and O–H groups in total. The van der Waals surface area contributed by atoms with Gasteiger partial charge in [0.15, 0.2) is 16.1 Å². The summed E-state index contributed by atoms with van der Waals surface area (Å²) in [6, 6.07) is 12.9. The van der Waals surface area contributed by atoms with Crippen LogP contribution in [0.4, 0.5) is 15.2 Å². The summed E-state index contributed by atoms with van der Waals surface area (Å²) in [7, 11) is 0. The second kappa shape index (κ2) is 9.31. The fourth-order valence-corrected chi connectivity index (χ4v) is 5.65. The third-order valence-corrected chi connectivity index (χ3v) is 7.69. The molecule has 0 unspecified atom stereocenters. The highest BCUT2D eigenvalue weighted by Crippen LogP contribution is 2.42. The predicted octanol–water partition coefficient (Wildman–Crippen LogP) is 6.47. The molecular formula is C25H24FN5OS2. The van der Waals surface area contributed by atoms with Gasteiger partial charge in [0.1, 0.15) is 5.82 Å². The minimum absolute atomic E-state index is 0.0835. The Morgan fingerprint density at radius 2 is 1.97 bits per heavy atom. The summed E-state index contributed by atoms with van der Waals surface area (Å²) in [4.78, 5) is 18.8. The number of hydrogen-bond acceptors (Lipinski definition) is 6. The van der Waals surface area contributed by atoms with Crippen molar-refractivity contribution >= 4 is 39.8 Å². The summed E-state index contributed by atoms with van der Waals surface area (Å²) in [5.74, 6) is 0.768. The van der Waals surface area contributed by atoms with Crippen molar-refractivity contribution in [1.29, 1.82) is 0 Å². The van der Waals surface area contributed by atoms with Gasteiger partial charge in [0.2, 0.25) is 5.91 Å². The van der Waals surface area contributed by atoms with Crippen LogP contribution in [-0.4, -0.2) is 25.7 Å². The molecule has 0 saturated heterocycles. The first-order valence-electron chi connectivity index (χ1n) is 11.1. The molecule has 34 heavy (non-hydrogen) atoms. The lowest BCUT2D eigenvalue weighted by Gasteiger charge is -2.19. The molecule has 0 spiro atoms. The lowest BCUT2D eigenvalue weighted by Crippen LogP contribution is -2.22. The van der Waals surface area contributed by atoms with Gasteiger partial charge in [-0.2, -0.15) is 0 Å². The number of aryl methyl sites for hydroxylation is 2. The van der Waals surface area contributed by atoms with Crippen LogP contribution in [0.25, 0.3) is 11.4 Å². The number of carbonyl (C=O) groups excluding carboxylic acids is 1. The zero-order valence-electron chi connectivity index (χ0n) is 19.2. The van der Waals surface area contributed by atoms with Crippen molar-refractivity contribution in [2.45, 2.75) is 50.6 Å². The average molecular weight is 494 g/mol. The first kappa shape index (κ1) is 22.7. The minimum Gasteiger partial charge on any atom is -0.299 e. The molecule has 174 valence electrons. The van der Waals surface area contributed by atoms with Crippen LogP contribution in [0.2, 0.25) is 0 Å². The highest BCUT2D eigenvalue weighted by molar-refractivity contribution is 7.98. The van der Waals surface area contributed by atoms with Crippen molar-refractivity contribution in [1.82, 2.24) is 19.7 Å². The first-order chi connectivity index (χ1) is 16.4. The van der Waals surface area contributed by atoms with E-state index >= 15 is 0 Å². The van der Waals surface area contributed by atoms with Gasteiger partial charge in [-0.25, -0.2) is 9.37 Å².